The lowest BCUT2D eigenvalue weighted by Crippen LogP contribution is -2.42. The Morgan fingerprint density at radius 3 is 2.19 bits per heavy atom. The highest BCUT2D eigenvalue weighted by atomic mass is 35.5. The van der Waals surface area contributed by atoms with Crippen molar-refractivity contribution >= 4 is 58.1 Å². The SMILES string of the molecule is O=C1CC(c2ccccc2)CC2=C1C(c1c(Cl)cccc1Cl)CC(=O)N2c1cc(C(=O)O)ccc1Cl. The Kier molecular flexibility index (Phi) is 6.64. The molecule has 5 rings (SSSR count). The number of Topliss-reactive ketones (excluding diaryl/α,β-unsaturated/α-hetero) is 1. The van der Waals surface area contributed by atoms with Gasteiger partial charge in [0.05, 0.1) is 16.3 Å². The molecule has 0 bridgehead atoms. The fourth-order valence-electron chi connectivity index (χ4n) is 5.18. The van der Waals surface area contributed by atoms with E-state index in [0.717, 1.165) is 5.56 Å². The molecule has 0 fully saturated rings. The Labute approximate surface area is 222 Å². The van der Waals surface area contributed by atoms with Crippen LogP contribution in [0.2, 0.25) is 15.1 Å². The predicted octanol–water partition coefficient (Wildman–Crippen LogP) is 7.27. The number of anilines is 1. The van der Waals surface area contributed by atoms with Gasteiger partial charge in [-0.3, -0.25) is 14.5 Å². The Bertz CT molecular complexity index is 1410. The van der Waals surface area contributed by atoms with Crippen molar-refractivity contribution in [3.8, 4) is 0 Å². The standard InChI is InChI=1S/C28H20Cl3NO4/c29-19-10-9-16(28(35)36)11-22(19)32-23-12-17(15-5-2-1-3-6-15)13-24(33)27(23)18(14-25(32)34)26-20(30)7-4-8-21(26)31/h1-11,17-18H,12-14H2,(H,35,36). The summed E-state index contributed by atoms with van der Waals surface area (Å²) in [6, 6.07) is 18.9. The number of amides is 1. The van der Waals surface area contributed by atoms with Crippen molar-refractivity contribution in [1.29, 1.82) is 0 Å². The van der Waals surface area contributed by atoms with Crippen LogP contribution in [0.4, 0.5) is 5.69 Å². The molecular formula is C28H20Cl3NO4. The number of rotatable bonds is 4. The summed E-state index contributed by atoms with van der Waals surface area (Å²) in [5.41, 5.74) is 2.71. The second-order valence-corrected chi connectivity index (χ2v) is 10.1. The summed E-state index contributed by atoms with van der Waals surface area (Å²) in [5, 5.41) is 10.5. The van der Waals surface area contributed by atoms with Gasteiger partial charge in [0.15, 0.2) is 5.78 Å². The zero-order valence-electron chi connectivity index (χ0n) is 18.9. The molecule has 2 aliphatic rings. The molecule has 1 N–H and O–H groups in total. The fraction of sp³-hybridized carbons (Fsp3) is 0.179. The lowest BCUT2D eigenvalue weighted by molar-refractivity contribution is -0.120. The van der Waals surface area contributed by atoms with E-state index in [1.807, 2.05) is 30.3 Å². The molecule has 0 saturated heterocycles. The maximum absolute atomic E-state index is 13.8. The van der Waals surface area contributed by atoms with Gasteiger partial charge in [0.1, 0.15) is 0 Å². The molecule has 8 heteroatoms. The average molecular weight is 541 g/mol. The molecule has 36 heavy (non-hydrogen) atoms. The van der Waals surface area contributed by atoms with Crippen LogP contribution in [0.15, 0.2) is 78.0 Å². The first-order valence-corrected chi connectivity index (χ1v) is 12.5. The van der Waals surface area contributed by atoms with Crippen LogP contribution in [-0.2, 0) is 9.59 Å². The van der Waals surface area contributed by atoms with E-state index >= 15 is 0 Å². The summed E-state index contributed by atoms with van der Waals surface area (Å²) in [4.78, 5) is 40.6. The Morgan fingerprint density at radius 2 is 1.53 bits per heavy atom. The molecule has 2 atom stereocenters. The van der Waals surface area contributed by atoms with Crippen LogP contribution < -0.4 is 4.90 Å². The van der Waals surface area contributed by atoms with Crippen molar-refractivity contribution in [2.75, 3.05) is 4.90 Å². The number of hydrogen-bond acceptors (Lipinski definition) is 3. The van der Waals surface area contributed by atoms with Crippen LogP contribution in [0.1, 0.15) is 52.6 Å². The molecule has 3 aromatic carbocycles. The third kappa shape index (κ3) is 4.32. The van der Waals surface area contributed by atoms with Gasteiger partial charge in [-0.2, -0.15) is 0 Å². The zero-order valence-corrected chi connectivity index (χ0v) is 21.1. The minimum absolute atomic E-state index is 0.0117. The van der Waals surface area contributed by atoms with Crippen molar-refractivity contribution < 1.29 is 19.5 Å². The summed E-state index contributed by atoms with van der Waals surface area (Å²) in [6.45, 7) is 0. The molecule has 0 saturated carbocycles. The number of carbonyl (C=O) groups is 3. The van der Waals surface area contributed by atoms with E-state index in [1.165, 1.54) is 23.1 Å². The van der Waals surface area contributed by atoms with E-state index in [9.17, 15) is 19.5 Å². The van der Waals surface area contributed by atoms with E-state index in [-0.39, 0.29) is 46.7 Å². The van der Waals surface area contributed by atoms with E-state index in [2.05, 4.69) is 0 Å². The molecular weight excluding hydrogens is 521 g/mol. The Balaban J connectivity index is 1.73. The minimum Gasteiger partial charge on any atom is -0.478 e. The first kappa shape index (κ1) is 24.6. The fourth-order valence-corrected chi connectivity index (χ4v) is 6.05. The molecule has 182 valence electrons. The number of hydrogen-bond donors (Lipinski definition) is 1. The topological polar surface area (TPSA) is 74.7 Å². The maximum atomic E-state index is 13.8. The highest BCUT2D eigenvalue weighted by molar-refractivity contribution is 6.36. The van der Waals surface area contributed by atoms with E-state index in [0.29, 0.717) is 33.3 Å². The monoisotopic (exact) mass is 539 g/mol. The van der Waals surface area contributed by atoms with Crippen molar-refractivity contribution in [1.82, 2.24) is 0 Å². The molecule has 2 unspecified atom stereocenters. The van der Waals surface area contributed by atoms with Gasteiger partial charge in [0, 0.05) is 40.1 Å². The van der Waals surface area contributed by atoms with Gasteiger partial charge in [-0.1, -0.05) is 71.2 Å². The first-order valence-electron chi connectivity index (χ1n) is 11.4. The highest BCUT2D eigenvalue weighted by Gasteiger charge is 2.44. The zero-order chi connectivity index (χ0) is 25.6. The maximum Gasteiger partial charge on any atom is 0.335 e. The lowest BCUT2D eigenvalue weighted by Gasteiger charge is -2.41. The minimum atomic E-state index is -1.14. The summed E-state index contributed by atoms with van der Waals surface area (Å²) in [7, 11) is 0. The molecule has 5 nitrogen and oxygen atoms in total. The third-order valence-corrected chi connectivity index (χ3v) is 7.76. The van der Waals surface area contributed by atoms with E-state index < -0.39 is 11.9 Å². The molecule has 0 spiro atoms. The highest BCUT2D eigenvalue weighted by Crippen LogP contribution is 2.50. The Hall–Kier alpha value is -3.12. The summed E-state index contributed by atoms with van der Waals surface area (Å²) in [6.07, 6.45) is 0.604. The second-order valence-electron chi connectivity index (χ2n) is 8.89. The van der Waals surface area contributed by atoms with Crippen LogP contribution in [0.25, 0.3) is 0 Å². The van der Waals surface area contributed by atoms with Gasteiger partial charge in [0.2, 0.25) is 5.91 Å². The number of halogens is 3. The van der Waals surface area contributed by atoms with Crippen LogP contribution in [-0.4, -0.2) is 22.8 Å². The van der Waals surface area contributed by atoms with Gasteiger partial charge in [-0.05, 0) is 53.8 Å². The van der Waals surface area contributed by atoms with Crippen LogP contribution in [0.5, 0.6) is 0 Å². The number of allylic oxidation sites excluding steroid dienone is 2. The van der Waals surface area contributed by atoms with Gasteiger partial charge < -0.3 is 5.11 Å². The molecule has 1 heterocycles. The van der Waals surface area contributed by atoms with Crippen LogP contribution in [0, 0.1) is 0 Å². The van der Waals surface area contributed by atoms with Gasteiger partial charge in [-0.25, -0.2) is 4.79 Å². The largest absolute Gasteiger partial charge is 0.478 e. The number of ketones is 1. The molecule has 3 aromatic rings. The van der Waals surface area contributed by atoms with Gasteiger partial charge in [0.25, 0.3) is 0 Å². The first-order chi connectivity index (χ1) is 17.3. The molecule has 0 aromatic heterocycles. The van der Waals surface area contributed by atoms with E-state index in [4.69, 9.17) is 34.8 Å². The molecule has 1 aliphatic heterocycles. The van der Waals surface area contributed by atoms with Crippen molar-refractivity contribution in [3.63, 3.8) is 0 Å². The van der Waals surface area contributed by atoms with Gasteiger partial charge >= 0.3 is 5.97 Å². The number of benzene rings is 3. The predicted molar refractivity (Wildman–Crippen MR) is 140 cm³/mol. The second kappa shape index (κ2) is 9.74. The normalized spacial score (nSPS) is 19.9. The van der Waals surface area contributed by atoms with E-state index in [1.54, 1.807) is 18.2 Å². The smallest absolute Gasteiger partial charge is 0.335 e. The number of carboxylic acids is 1. The summed E-state index contributed by atoms with van der Waals surface area (Å²) >= 11 is 19.5. The summed E-state index contributed by atoms with van der Waals surface area (Å²) in [5.74, 6) is -2.34. The lowest BCUT2D eigenvalue weighted by atomic mass is 9.72. The van der Waals surface area contributed by atoms with Crippen molar-refractivity contribution in [2.45, 2.75) is 31.1 Å². The molecule has 0 radical (unpaired) electrons. The molecule has 1 aliphatic carbocycles. The van der Waals surface area contributed by atoms with Crippen molar-refractivity contribution in [2.24, 2.45) is 0 Å². The number of nitrogens with zero attached hydrogens (tertiary/aromatic N) is 1. The quantitative estimate of drug-likeness (QED) is 0.378. The number of carboxylic acid groups (broad SMARTS) is 1. The van der Waals surface area contributed by atoms with Crippen LogP contribution >= 0.6 is 34.8 Å². The van der Waals surface area contributed by atoms with Crippen LogP contribution in [0.3, 0.4) is 0 Å². The summed E-state index contributed by atoms with van der Waals surface area (Å²) < 4.78 is 0. The average Bonchev–Trinajstić information content (AvgIpc) is 2.84. The third-order valence-electron chi connectivity index (χ3n) is 6.78. The number of aromatic carboxylic acids is 1. The molecule has 1 amide bonds. The number of carbonyl (C=O) groups excluding carboxylic acids is 2. The Morgan fingerprint density at radius 1 is 0.833 bits per heavy atom. The van der Waals surface area contributed by atoms with Crippen molar-refractivity contribution in [3.05, 3.63) is 110 Å². The van der Waals surface area contributed by atoms with Gasteiger partial charge in [-0.15, -0.1) is 0 Å².